The van der Waals surface area contributed by atoms with Gasteiger partial charge >= 0.3 is 11.9 Å². The van der Waals surface area contributed by atoms with Gasteiger partial charge in [0.05, 0.1) is 0 Å². The fourth-order valence-electron chi connectivity index (χ4n) is 9.71. The third kappa shape index (κ3) is 4.17. The molecule has 0 aliphatic heterocycles. The van der Waals surface area contributed by atoms with Gasteiger partial charge in [-0.2, -0.15) is 0 Å². The van der Waals surface area contributed by atoms with Crippen LogP contribution in [0.1, 0.15) is 104 Å². The van der Waals surface area contributed by atoms with Gasteiger partial charge in [0.1, 0.15) is 0 Å². The lowest BCUT2D eigenvalue weighted by atomic mass is 9.44. The molecule has 7 nitrogen and oxygen atoms in total. The predicted molar refractivity (Wildman–Crippen MR) is 127 cm³/mol. The van der Waals surface area contributed by atoms with Crippen LogP contribution in [0.15, 0.2) is 0 Å². The maximum Gasteiger partial charge on any atom is 0.314 e. The van der Waals surface area contributed by atoms with E-state index in [-0.39, 0.29) is 11.8 Å². The molecule has 0 saturated heterocycles. The van der Waals surface area contributed by atoms with Gasteiger partial charge in [-0.1, -0.05) is 40.0 Å². The smallest absolute Gasteiger partial charge is 0.314 e. The summed E-state index contributed by atoms with van der Waals surface area (Å²) in [5, 5.41) is 66.9. The van der Waals surface area contributed by atoms with Crippen molar-refractivity contribution in [2.75, 3.05) is 0 Å². The molecule has 4 rings (SSSR count). The molecule has 4 fully saturated rings. The van der Waals surface area contributed by atoms with Crippen molar-refractivity contribution in [1.82, 2.24) is 0 Å². The summed E-state index contributed by atoms with van der Waals surface area (Å²) < 4.78 is 0. The van der Waals surface area contributed by atoms with Gasteiger partial charge in [-0.05, 0) is 111 Å². The van der Waals surface area contributed by atoms with Crippen molar-refractivity contribution >= 4 is 0 Å². The molecule has 8 atom stereocenters. The van der Waals surface area contributed by atoms with E-state index in [1.54, 1.807) is 0 Å². The third-order valence-corrected chi connectivity index (χ3v) is 11.7. The van der Waals surface area contributed by atoms with Gasteiger partial charge in [0, 0.05) is 0 Å². The van der Waals surface area contributed by atoms with Crippen LogP contribution in [-0.4, -0.2) is 53.3 Å². The SMILES string of the molecule is C[C@H](CCCC(O)(C(O)(O)O)C(O)(O)O)[C@H]1CC[C@H]2[C@@H]3CC[C@@H]4CCCC[C@]4(C)[C@H]3CC[C@]12C. The van der Waals surface area contributed by atoms with Crippen LogP contribution in [0.5, 0.6) is 0 Å². The zero-order valence-corrected chi connectivity index (χ0v) is 21.3. The molecule has 34 heavy (non-hydrogen) atoms. The molecular weight excluding hydrogens is 436 g/mol. The van der Waals surface area contributed by atoms with Crippen molar-refractivity contribution < 1.29 is 35.7 Å². The molecule has 0 aromatic carbocycles. The number of hydrogen-bond donors (Lipinski definition) is 7. The fourth-order valence-corrected chi connectivity index (χ4v) is 9.71. The van der Waals surface area contributed by atoms with E-state index in [1.165, 1.54) is 64.2 Å². The molecule has 7 N–H and O–H groups in total. The van der Waals surface area contributed by atoms with E-state index in [9.17, 15) is 35.7 Å². The minimum Gasteiger partial charge on any atom is -0.375 e. The maximum atomic E-state index is 10.2. The average molecular weight is 485 g/mol. The summed E-state index contributed by atoms with van der Waals surface area (Å²) in [6.45, 7) is 7.27. The lowest BCUT2D eigenvalue weighted by molar-refractivity contribution is -0.495. The average Bonchev–Trinajstić information content (AvgIpc) is 3.08. The Labute approximate surface area is 204 Å². The van der Waals surface area contributed by atoms with Crippen LogP contribution in [0, 0.1) is 46.3 Å². The first-order chi connectivity index (χ1) is 15.7. The first-order valence-corrected chi connectivity index (χ1v) is 13.7. The van der Waals surface area contributed by atoms with Crippen LogP contribution in [0.25, 0.3) is 0 Å². The Morgan fingerprint density at radius 3 is 2.03 bits per heavy atom. The minimum absolute atomic E-state index is 0.202. The molecule has 4 saturated carbocycles. The van der Waals surface area contributed by atoms with Gasteiger partial charge in [-0.15, -0.1) is 0 Å². The highest BCUT2D eigenvalue weighted by molar-refractivity contribution is 5.09. The lowest BCUT2D eigenvalue weighted by Crippen LogP contribution is -2.68. The van der Waals surface area contributed by atoms with Crippen LogP contribution < -0.4 is 0 Å². The second-order valence-corrected chi connectivity index (χ2v) is 13.1. The van der Waals surface area contributed by atoms with E-state index >= 15 is 0 Å². The maximum absolute atomic E-state index is 10.2. The van der Waals surface area contributed by atoms with Crippen molar-refractivity contribution in [3.05, 3.63) is 0 Å². The Morgan fingerprint density at radius 2 is 1.38 bits per heavy atom. The van der Waals surface area contributed by atoms with E-state index in [2.05, 4.69) is 20.8 Å². The molecular formula is C27H48O7. The third-order valence-electron chi connectivity index (χ3n) is 11.7. The number of aliphatic hydroxyl groups is 7. The Bertz CT molecular complexity index is 713. The molecule has 0 aromatic rings. The topological polar surface area (TPSA) is 142 Å². The summed E-state index contributed by atoms with van der Waals surface area (Å²) in [4.78, 5) is 0. The summed E-state index contributed by atoms with van der Waals surface area (Å²) >= 11 is 0. The quantitative estimate of drug-likeness (QED) is 0.276. The Balaban J connectivity index is 1.42. The Kier molecular flexibility index (Phi) is 7.03. The molecule has 0 bridgehead atoms. The van der Waals surface area contributed by atoms with Crippen LogP contribution in [0.2, 0.25) is 0 Å². The summed E-state index contributed by atoms with van der Waals surface area (Å²) in [5.74, 6) is -3.53. The van der Waals surface area contributed by atoms with Gasteiger partial charge in [-0.25, -0.2) is 0 Å². The van der Waals surface area contributed by atoms with E-state index in [4.69, 9.17) is 0 Å². The van der Waals surface area contributed by atoms with Crippen molar-refractivity contribution in [2.24, 2.45) is 46.3 Å². The van der Waals surface area contributed by atoms with E-state index in [0.29, 0.717) is 23.7 Å². The molecule has 0 unspecified atom stereocenters. The standard InChI is InChI=1S/C27H48O7/c1-17(7-6-15-25(28,26(29,30)31)27(32,33)34)20-11-12-21-19-10-9-18-8-4-5-14-23(18,2)22(19)13-16-24(20,21)3/h17-22,28-34H,4-16H2,1-3H3/t17-,18+,19+,20-,21+,22+,23+,24-/m1/s1. The zero-order valence-electron chi connectivity index (χ0n) is 21.3. The van der Waals surface area contributed by atoms with Gasteiger partial charge in [0.2, 0.25) is 5.60 Å². The van der Waals surface area contributed by atoms with E-state index < -0.39 is 24.0 Å². The van der Waals surface area contributed by atoms with Gasteiger partial charge in [0.25, 0.3) is 0 Å². The highest BCUT2D eigenvalue weighted by Crippen LogP contribution is 2.68. The summed E-state index contributed by atoms with van der Waals surface area (Å²) in [7, 11) is 0. The molecule has 4 aliphatic rings. The van der Waals surface area contributed by atoms with Crippen LogP contribution in [0.4, 0.5) is 0 Å². The molecule has 0 radical (unpaired) electrons. The molecule has 198 valence electrons. The molecule has 4 aliphatic carbocycles. The monoisotopic (exact) mass is 484 g/mol. The molecule has 0 spiro atoms. The van der Waals surface area contributed by atoms with E-state index in [0.717, 1.165) is 23.7 Å². The van der Waals surface area contributed by atoms with Crippen molar-refractivity contribution in [3.63, 3.8) is 0 Å². The van der Waals surface area contributed by atoms with Crippen LogP contribution >= 0.6 is 0 Å². The normalized spacial score (nSPS) is 42.0. The minimum atomic E-state index is -3.84. The van der Waals surface area contributed by atoms with E-state index in [1.807, 2.05) is 0 Å². The molecule has 0 heterocycles. The largest absolute Gasteiger partial charge is 0.375 e. The van der Waals surface area contributed by atoms with Gasteiger partial charge in [0.15, 0.2) is 0 Å². The lowest BCUT2D eigenvalue weighted by Gasteiger charge is -2.61. The zero-order chi connectivity index (χ0) is 25.2. The first kappa shape index (κ1) is 26.8. The highest BCUT2D eigenvalue weighted by atomic mass is 16.7. The number of hydrogen-bond acceptors (Lipinski definition) is 7. The summed E-state index contributed by atoms with van der Waals surface area (Å²) in [5.41, 5.74) is -2.49. The number of fused-ring (bicyclic) bond motifs is 5. The van der Waals surface area contributed by atoms with Gasteiger partial charge < -0.3 is 35.7 Å². The second kappa shape index (κ2) is 8.93. The second-order valence-electron chi connectivity index (χ2n) is 13.1. The highest BCUT2D eigenvalue weighted by Gasteiger charge is 2.62. The fraction of sp³-hybridized carbons (Fsp3) is 1.00. The molecule has 0 aromatic heterocycles. The Hall–Kier alpha value is -0.280. The summed E-state index contributed by atoms with van der Waals surface area (Å²) in [6, 6.07) is 0. The molecule has 7 heteroatoms. The summed E-state index contributed by atoms with van der Waals surface area (Å²) in [6.07, 6.45) is 13.6. The van der Waals surface area contributed by atoms with Crippen molar-refractivity contribution in [2.45, 2.75) is 122 Å². The van der Waals surface area contributed by atoms with Crippen molar-refractivity contribution in [3.8, 4) is 0 Å². The van der Waals surface area contributed by atoms with Crippen LogP contribution in [-0.2, 0) is 0 Å². The Morgan fingerprint density at radius 1 is 0.735 bits per heavy atom. The predicted octanol–water partition coefficient (Wildman–Crippen LogP) is 2.83. The first-order valence-electron chi connectivity index (χ1n) is 13.7. The van der Waals surface area contributed by atoms with Gasteiger partial charge in [-0.3, -0.25) is 0 Å². The number of rotatable bonds is 7. The molecule has 0 amide bonds. The van der Waals surface area contributed by atoms with Crippen molar-refractivity contribution in [1.29, 1.82) is 0 Å². The van der Waals surface area contributed by atoms with Crippen LogP contribution in [0.3, 0.4) is 0 Å².